The van der Waals surface area contributed by atoms with Gasteiger partial charge in [0.25, 0.3) is 0 Å². The zero-order valence-electron chi connectivity index (χ0n) is 11.4. The lowest BCUT2D eigenvalue weighted by atomic mass is 9.98. The first-order valence-electron chi connectivity index (χ1n) is 6.50. The first-order chi connectivity index (χ1) is 8.93. The Morgan fingerprint density at radius 1 is 1.37 bits per heavy atom. The van der Waals surface area contributed by atoms with Crippen molar-refractivity contribution in [1.82, 2.24) is 9.97 Å². The van der Waals surface area contributed by atoms with Crippen LogP contribution in [0.15, 0.2) is 0 Å². The van der Waals surface area contributed by atoms with Crippen LogP contribution in [0.25, 0.3) is 0 Å². The molecule has 106 valence electrons. The normalized spacial score (nSPS) is 30.6. The zero-order chi connectivity index (χ0) is 14.2. The molecular weight excluding hydrogens is 357 g/mol. The van der Waals surface area contributed by atoms with E-state index in [1.807, 2.05) is 20.8 Å². The molecule has 1 aromatic rings. The SMILES string of the molecule is Cc1nc(C)c(I)c(NC2CC(CO)[C@H](C)[C@H]2O)n1. The molecule has 0 bridgehead atoms. The third-order valence-corrected chi connectivity index (χ3v) is 5.23. The van der Waals surface area contributed by atoms with Crippen molar-refractivity contribution >= 4 is 28.4 Å². The lowest BCUT2D eigenvalue weighted by Gasteiger charge is -2.20. The molecule has 0 aliphatic heterocycles. The third kappa shape index (κ3) is 3.00. The van der Waals surface area contributed by atoms with Crippen LogP contribution in [-0.4, -0.2) is 38.9 Å². The van der Waals surface area contributed by atoms with Crippen molar-refractivity contribution in [2.75, 3.05) is 11.9 Å². The summed E-state index contributed by atoms with van der Waals surface area (Å²) in [7, 11) is 0. The van der Waals surface area contributed by atoms with Crippen LogP contribution in [-0.2, 0) is 0 Å². The van der Waals surface area contributed by atoms with Crippen molar-refractivity contribution in [3.05, 3.63) is 15.1 Å². The molecule has 1 aromatic heterocycles. The number of hydrogen-bond donors (Lipinski definition) is 3. The van der Waals surface area contributed by atoms with Gasteiger partial charge < -0.3 is 15.5 Å². The van der Waals surface area contributed by atoms with E-state index in [0.717, 1.165) is 27.3 Å². The third-order valence-electron chi connectivity index (χ3n) is 3.94. The second-order valence-corrected chi connectivity index (χ2v) is 6.38. The summed E-state index contributed by atoms with van der Waals surface area (Å²) in [5.74, 6) is 1.75. The number of nitrogens with zero attached hydrogens (tertiary/aromatic N) is 2. The van der Waals surface area contributed by atoms with Gasteiger partial charge in [0.2, 0.25) is 0 Å². The molecule has 6 heteroatoms. The summed E-state index contributed by atoms with van der Waals surface area (Å²) >= 11 is 2.22. The number of halogens is 1. The van der Waals surface area contributed by atoms with E-state index in [9.17, 15) is 10.2 Å². The van der Waals surface area contributed by atoms with Gasteiger partial charge >= 0.3 is 0 Å². The number of rotatable bonds is 3. The lowest BCUT2D eigenvalue weighted by molar-refractivity contribution is 0.103. The number of nitrogens with one attached hydrogen (secondary N) is 1. The molecule has 0 saturated heterocycles. The topological polar surface area (TPSA) is 78.3 Å². The number of aliphatic hydroxyl groups is 2. The van der Waals surface area contributed by atoms with Crippen LogP contribution in [0, 0.1) is 29.3 Å². The van der Waals surface area contributed by atoms with Crippen molar-refractivity contribution in [2.24, 2.45) is 11.8 Å². The number of aromatic nitrogens is 2. The first-order valence-corrected chi connectivity index (χ1v) is 7.58. The van der Waals surface area contributed by atoms with Gasteiger partial charge in [-0.25, -0.2) is 9.97 Å². The maximum Gasteiger partial charge on any atom is 0.143 e. The summed E-state index contributed by atoms with van der Waals surface area (Å²) in [6.07, 6.45) is 0.306. The molecule has 1 saturated carbocycles. The molecule has 0 radical (unpaired) electrons. The Morgan fingerprint density at radius 3 is 2.63 bits per heavy atom. The second-order valence-electron chi connectivity index (χ2n) is 5.30. The molecule has 0 aromatic carbocycles. The van der Waals surface area contributed by atoms with E-state index in [-0.39, 0.29) is 24.5 Å². The maximum absolute atomic E-state index is 10.2. The smallest absolute Gasteiger partial charge is 0.143 e. The van der Waals surface area contributed by atoms with Gasteiger partial charge in [-0.1, -0.05) is 6.92 Å². The van der Waals surface area contributed by atoms with Crippen molar-refractivity contribution in [3.63, 3.8) is 0 Å². The molecule has 4 atom stereocenters. The van der Waals surface area contributed by atoms with E-state index < -0.39 is 6.10 Å². The summed E-state index contributed by atoms with van der Waals surface area (Å²) < 4.78 is 0.982. The predicted molar refractivity (Wildman–Crippen MR) is 82.0 cm³/mol. The summed E-state index contributed by atoms with van der Waals surface area (Å²) in [6.45, 7) is 5.91. The Balaban J connectivity index is 2.18. The fraction of sp³-hybridized carbons (Fsp3) is 0.692. The summed E-state index contributed by atoms with van der Waals surface area (Å²) in [4.78, 5) is 8.72. The molecule has 19 heavy (non-hydrogen) atoms. The average Bonchev–Trinajstić information content (AvgIpc) is 2.63. The van der Waals surface area contributed by atoms with Crippen molar-refractivity contribution in [1.29, 1.82) is 0 Å². The summed E-state index contributed by atoms with van der Waals surface area (Å²) in [6, 6.07) is -0.0608. The number of aryl methyl sites for hydroxylation is 2. The highest BCUT2D eigenvalue weighted by Gasteiger charge is 2.39. The minimum absolute atomic E-state index is 0.0608. The summed E-state index contributed by atoms with van der Waals surface area (Å²) in [5.41, 5.74) is 0.940. The zero-order valence-corrected chi connectivity index (χ0v) is 13.5. The van der Waals surface area contributed by atoms with Gasteiger partial charge in [-0.3, -0.25) is 0 Å². The van der Waals surface area contributed by atoms with Gasteiger partial charge in [0.05, 0.1) is 21.4 Å². The van der Waals surface area contributed by atoms with Crippen LogP contribution in [0.5, 0.6) is 0 Å². The fourth-order valence-corrected chi connectivity index (χ4v) is 3.08. The predicted octanol–water partition coefficient (Wildman–Crippen LogP) is 1.49. The van der Waals surface area contributed by atoms with Crippen LogP contribution >= 0.6 is 22.6 Å². The highest BCUT2D eigenvalue weighted by atomic mass is 127. The molecule has 1 heterocycles. The van der Waals surface area contributed by atoms with Crippen LogP contribution in [0.1, 0.15) is 24.9 Å². The van der Waals surface area contributed by atoms with E-state index in [2.05, 4.69) is 37.9 Å². The second kappa shape index (κ2) is 5.88. The quantitative estimate of drug-likeness (QED) is 0.696. The van der Waals surface area contributed by atoms with Gasteiger partial charge in [0.1, 0.15) is 11.6 Å². The van der Waals surface area contributed by atoms with Gasteiger partial charge in [-0.2, -0.15) is 0 Å². The van der Waals surface area contributed by atoms with E-state index in [1.165, 1.54) is 0 Å². The van der Waals surface area contributed by atoms with E-state index in [4.69, 9.17) is 0 Å². The Labute approximate surface area is 127 Å². The van der Waals surface area contributed by atoms with E-state index >= 15 is 0 Å². The van der Waals surface area contributed by atoms with Crippen molar-refractivity contribution in [3.8, 4) is 0 Å². The first kappa shape index (κ1) is 14.9. The van der Waals surface area contributed by atoms with Crippen LogP contribution < -0.4 is 5.32 Å². The molecule has 1 aliphatic carbocycles. The van der Waals surface area contributed by atoms with Crippen LogP contribution in [0.3, 0.4) is 0 Å². The minimum Gasteiger partial charge on any atom is -0.396 e. The molecule has 5 nitrogen and oxygen atoms in total. The molecule has 2 rings (SSSR count). The molecular formula is C13H20IN3O2. The Hall–Kier alpha value is -0.470. The monoisotopic (exact) mass is 377 g/mol. The highest BCUT2D eigenvalue weighted by Crippen LogP contribution is 2.34. The highest BCUT2D eigenvalue weighted by molar-refractivity contribution is 14.1. The Bertz CT molecular complexity index is 469. The molecule has 1 fully saturated rings. The van der Waals surface area contributed by atoms with Gasteiger partial charge in [0.15, 0.2) is 0 Å². The molecule has 0 spiro atoms. The molecule has 1 aliphatic rings. The molecule has 2 unspecified atom stereocenters. The van der Waals surface area contributed by atoms with Crippen LogP contribution in [0.4, 0.5) is 5.82 Å². The lowest BCUT2D eigenvalue weighted by Crippen LogP contribution is -2.32. The Morgan fingerprint density at radius 2 is 2.05 bits per heavy atom. The molecule has 0 amide bonds. The number of aliphatic hydroxyl groups excluding tert-OH is 2. The van der Waals surface area contributed by atoms with E-state index in [0.29, 0.717) is 0 Å². The minimum atomic E-state index is -0.455. The van der Waals surface area contributed by atoms with Crippen molar-refractivity contribution in [2.45, 2.75) is 39.3 Å². The standard InChI is InChI=1S/C13H20IN3O2/c1-6-9(5-18)4-10(12(6)19)17-13-11(14)7(2)15-8(3)16-13/h6,9-10,12,18-19H,4-5H2,1-3H3,(H,15,16,17)/t6-,9?,10?,12+/m0/s1. The largest absolute Gasteiger partial charge is 0.396 e. The van der Waals surface area contributed by atoms with E-state index in [1.54, 1.807) is 0 Å². The molecule has 3 N–H and O–H groups in total. The maximum atomic E-state index is 10.2. The van der Waals surface area contributed by atoms with Crippen LogP contribution in [0.2, 0.25) is 0 Å². The Kier molecular flexibility index (Phi) is 4.62. The van der Waals surface area contributed by atoms with Gasteiger partial charge in [-0.15, -0.1) is 0 Å². The van der Waals surface area contributed by atoms with Gasteiger partial charge in [-0.05, 0) is 54.7 Å². The number of hydrogen-bond acceptors (Lipinski definition) is 5. The average molecular weight is 377 g/mol. The van der Waals surface area contributed by atoms with Crippen molar-refractivity contribution < 1.29 is 10.2 Å². The summed E-state index contributed by atoms with van der Waals surface area (Å²) in [5, 5.41) is 22.9. The van der Waals surface area contributed by atoms with Gasteiger partial charge in [0, 0.05) is 6.61 Å². The fourth-order valence-electron chi connectivity index (χ4n) is 2.68. The number of anilines is 1.